The maximum absolute atomic E-state index is 11.2. The maximum Gasteiger partial charge on any atom is 0.354 e. The second-order valence-electron chi connectivity index (χ2n) is 5.38. The smallest absolute Gasteiger partial charge is 0.354 e. The van der Waals surface area contributed by atoms with Crippen molar-refractivity contribution in [2.45, 2.75) is 0 Å². The summed E-state index contributed by atoms with van der Waals surface area (Å²) in [5.41, 5.74) is 0.851. The summed E-state index contributed by atoms with van der Waals surface area (Å²) in [4.78, 5) is 30.9. The molecule has 0 unspecified atom stereocenters. The summed E-state index contributed by atoms with van der Waals surface area (Å²) in [6.45, 7) is 0. The molecule has 0 saturated heterocycles. The third kappa shape index (κ3) is 2.75. The Kier molecular flexibility index (Phi) is 4.23. The summed E-state index contributed by atoms with van der Waals surface area (Å²) in [6, 6.07) is 13.7. The van der Waals surface area contributed by atoms with Gasteiger partial charge in [0, 0.05) is 37.2 Å². The van der Waals surface area contributed by atoms with Gasteiger partial charge in [-0.3, -0.25) is 0 Å². The molecule has 2 heterocycles. The van der Waals surface area contributed by atoms with Crippen LogP contribution in [0.4, 0.5) is 0 Å². The number of aromatic carboxylic acids is 2. The number of hydrogen-bond donors (Lipinski definition) is 2. The Morgan fingerprint density at radius 3 is 1.40 bits per heavy atom. The van der Waals surface area contributed by atoms with Crippen molar-refractivity contribution in [1.29, 1.82) is 0 Å². The van der Waals surface area contributed by atoms with Gasteiger partial charge in [0.1, 0.15) is 11.4 Å². The average Bonchev–Trinajstić information content (AvgIpc) is 2.59. The van der Waals surface area contributed by atoms with Crippen LogP contribution in [0.3, 0.4) is 0 Å². The van der Waals surface area contributed by atoms with Gasteiger partial charge in [-0.1, -0.05) is 36.4 Å². The van der Waals surface area contributed by atoms with Crippen LogP contribution in [-0.2, 0) is 21.1 Å². The SMILES string of the molecule is O=C(O)c1ccc2ccc3ccc4ccc(C(=O)O)nc4c3c2n1.[Pt]. The summed E-state index contributed by atoms with van der Waals surface area (Å²) in [5.74, 6) is -2.23. The topological polar surface area (TPSA) is 100 Å². The molecule has 0 aliphatic heterocycles. The molecule has 0 saturated carbocycles. The van der Waals surface area contributed by atoms with Gasteiger partial charge in [-0.05, 0) is 17.5 Å². The van der Waals surface area contributed by atoms with E-state index in [1.807, 2.05) is 24.3 Å². The third-order valence-electron chi connectivity index (χ3n) is 3.94. The number of hydrogen-bond acceptors (Lipinski definition) is 4. The van der Waals surface area contributed by atoms with E-state index in [9.17, 15) is 19.8 Å². The number of benzene rings is 2. The first-order valence-electron chi connectivity index (χ1n) is 7.14. The Bertz CT molecular complexity index is 1090. The fourth-order valence-corrected chi connectivity index (χ4v) is 2.81. The first kappa shape index (κ1) is 17.0. The van der Waals surface area contributed by atoms with Crippen molar-refractivity contribution in [2.24, 2.45) is 0 Å². The first-order chi connectivity index (χ1) is 11.5. The third-order valence-corrected chi connectivity index (χ3v) is 3.94. The van der Waals surface area contributed by atoms with Gasteiger partial charge in [0.2, 0.25) is 0 Å². The van der Waals surface area contributed by atoms with Crippen LogP contribution in [0.25, 0.3) is 32.6 Å². The van der Waals surface area contributed by atoms with Gasteiger partial charge in [-0.25, -0.2) is 19.6 Å². The number of nitrogens with zero attached hydrogens (tertiary/aromatic N) is 2. The minimum absolute atomic E-state index is 0. The summed E-state index contributed by atoms with van der Waals surface area (Å²) in [5, 5.41) is 21.4. The Morgan fingerprint density at radius 2 is 1.00 bits per heavy atom. The molecule has 6 nitrogen and oxygen atoms in total. The first-order valence-corrected chi connectivity index (χ1v) is 7.14. The summed E-state index contributed by atoms with van der Waals surface area (Å²) in [6.07, 6.45) is 0. The van der Waals surface area contributed by atoms with Gasteiger partial charge in [-0.2, -0.15) is 0 Å². The summed E-state index contributed by atoms with van der Waals surface area (Å²) in [7, 11) is 0. The molecular weight excluding hydrogens is 503 g/mol. The van der Waals surface area contributed by atoms with Crippen molar-refractivity contribution in [3.05, 3.63) is 59.9 Å². The molecule has 0 bridgehead atoms. The second kappa shape index (κ2) is 6.22. The molecule has 2 aromatic carbocycles. The van der Waals surface area contributed by atoms with Crippen molar-refractivity contribution in [2.75, 3.05) is 0 Å². The van der Waals surface area contributed by atoms with Gasteiger partial charge in [0.15, 0.2) is 0 Å². The molecule has 0 radical (unpaired) electrons. The standard InChI is InChI=1S/C18H10N2O4.Pt/c21-17(22)12-7-5-10-3-1-9-2-4-11-6-8-13(18(23)24)20-16(11)14(9)15(10)19-12;/h1-8H,(H,21,22)(H,23,24);. The van der Waals surface area contributed by atoms with E-state index in [-0.39, 0.29) is 32.5 Å². The Morgan fingerprint density at radius 1 is 0.640 bits per heavy atom. The Labute approximate surface area is 155 Å². The molecule has 4 rings (SSSR count). The van der Waals surface area contributed by atoms with E-state index >= 15 is 0 Å². The molecule has 2 aromatic heterocycles. The molecular formula is C18H10N2O4Pt. The Hall–Kier alpha value is -2.85. The number of carbonyl (C=O) groups is 2. The van der Waals surface area contributed by atoms with E-state index in [0.29, 0.717) is 16.4 Å². The molecule has 126 valence electrons. The zero-order valence-electron chi connectivity index (χ0n) is 12.5. The minimum atomic E-state index is -1.12. The Balaban J connectivity index is 0.00000182. The van der Waals surface area contributed by atoms with E-state index < -0.39 is 11.9 Å². The van der Waals surface area contributed by atoms with Crippen molar-refractivity contribution in [3.63, 3.8) is 0 Å². The number of aromatic nitrogens is 2. The van der Waals surface area contributed by atoms with Crippen molar-refractivity contribution in [1.82, 2.24) is 9.97 Å². The average molecular weight is 513 g/mol. The van der Waals surface area contributed by atoms with Crippen LogP contribution in [0, 0.1) is 0 Å². The molecule has 0 aliphatic rings. The summed E-state index contributed by atoms with van der Waals surface area (Å²) < 4.78 is 0. The van der Waals surface area contributed by atoms with Crippen LogP contribution in [-0.4, -0.2) is 32.1 Å². The minimum Gasteiger partial charge on any atom is -0.477 e. The van der Waals surface area contributed by atoms with Gasteiger partial charge in [0.25, 0.3) is 0 Å². The zero-order chi connectivity index (χ0) is 16.8. The van der Waals surface area contributed by atoms with Crippen LogP contribution in [0.1, 0.15) is 21.0 Å². The van der Waals surface area contributed by atoms with Crippen molar-refractivity contribution < 1.29 is 40.9 Å². The predicted molar refractivity (Wildman–Crippen MR) is 88.5 cm³/mol. The van der Waals surface area contributed by atoms with Crippen LogP contribution in [0.5, 0.6) is 0 Å². The number of carboxylic acids is 2. The van der Waals surface area contributed by atoms with Gasteiger partial charge >= 0.3 is 11.9 Å². The number of pyridine rings is 2. The molecule has 2 N–H and O–H groups in total. The fraction of sp³-hybridized carbons (Fsp3) is 0. The van der Waals surface area contributed by atoms with Gasteiger partial charge in [0.05, 0.1) is 11.0 Å². The molecule has 0 fully saturated rings. The van der Waals surface area contributed by atoms with Gasteiger partial charge < -0.3 is 10.2 Å². The molecule has 0 aliphatic carbocycles. The van der Waals surface area contributed by atoms with Gasteiger partial charge in [-0.15, -0.1) is 0 Å². The van der Waals surface area contributed by atoms with E-state index in [1.54, 1.807) is 12.1 Å². The molecule has 4 aromatic rings. The summed E-state index contributed by atoms with van der Waals surface area (Å²) >= 11 is 0. The number of fused-ring (bicyclic) bond motifs is 5. The fourth-order valence-electron chi connectivity index (χ4n) is 2.81. The molecule has 0 amide bonds. The van der Waals surface area contributed by atoms with Crippen LogP contribution >= 0.6 is 0 Å². The van der Waals surface area contributed by atoms with Crippen molar-refractivity contribution in [3.8, 4) is 0 Å². The molecule has 25 heavy (non-hydrogen) atoms. The molecule has 0 spiro atoms. The van der Waals surface area contributed by atoms with E-state index in [2.05, 4.69) is 9.97 Å². The van der Waals surface area contributed by atoms with Crippen LogP contribution in [0.15, 0.2) is 48.5 Å². The predicted octanol–water partition coefficient (Wildman–Crippen LogP) is 3.33. The second-order valence-corrected chi connectivity index (χ2v) is 5.38. The van der Waals surface area contributed by atoms with Crippen molar-refractivity contribution >= 4 is 44.5 Å². The van der Waals surface area contributed by atoms with E-state index in [0.717, 1.165) is 16.2 Å². The number of rotatable bonds is 2. The largest absolute Gasteiger partial charge is 0.477 e. The number of carboxylic acid groups (broad SMARTS) is 2. The molecule has 0 atom stereocenters. The quantitative estimate of drug-likeness (QED) is 0.399. The van der Waals surface area contributed by atoms with Crippen LogP contribution < -0.4 is 0 Å². The normalized spacial score (nSPS) is 10.7. The zero-order valence-corrected chi connectivity index (χ0v) is 14.8. The van der Waals surface area contributed by atoms with Crippen LogP contribution in [0.2, 0.25) is 0 Å². The van der Waals surface area contributed by atoms with E-state index in [4.69, 9.17) is 0 Å². The monoisotopic (exact) mass is 513 g/mol. The van der Waals surface area contributed by atoms with E-state index in [1.165, 1.54) is 12.1 Å². The molecule has 7 heteroatoms. The maximum atomic E-state index is 11.2.